The highest BCUT2D eigenvalue weighted by atomic mass is 16.2. The number of anilines is 1. The van der Waals surface area contributed by atoms with Crippen molar-refractivity contribution >= 4 is 17.5 Å². The van der Waals surface area contributed by atoms with Crippen LogP contribution in [0.2, 0.25) is 0 Å². The van der Waals surface area contributed by atoms with Crippen molar-refractivity contribution in [3.63, 3.8) is 0 Å². The smallest absolute Gasteiger partial charge is 0.229 e. The van der Waals surface area contributed by atoms with E-state index in [2.05, 4.69) is 35.6 Å². The second-order valence-electron chi connectivity index (χ2n) is 6.95. The fourth-order valence-corrected chi connectivity index (χ4v) is 3.72. The monoisotopic (exact) mass is 334 g/mol. The second kappa shape index (κ2) is 6.71. The lowest BCUT2D eigenvalue weighted by atomic mass is 9.76. The molecule has 0 bridgehead atoms. The van der Waals surface area contributed by atoms with Crippen LogP contribution in [0.3, 0.4) is 0 Å². The molecule has 0 aromatic heterocycles. The average molecular weight is 334 g/mol. The van der Waals surface area contributed by atoms with Gasteiger partial charge in [-0.3, -0.25) is 14.5 Å². The van der Waals surface area contributed by atoms with E-state index in [0.29, 0.717) is 31.3 Å². The average Bonchev–Trinajstić information content (AvgIpc) is 2.92. The van der Waals surface area contributed by atoms with Crippen molar-refractivity contribution in [2.45, 2.75) is 44.2 Å². The summed E-state index contributed by atoms with van der Waals surface area (Å²) >= 11 is 0. The highest BCUT2D eigenvalue weighted by Gasteiger charge is 2.32. The van der Waals surface area contributed by atoms with Crippen LogP contribution in [0.5, 0.6) is 0 Å². The SMILES string of the molecule is O=C1CCC(=O)N1Cc1ccccc1NC1CC(c2ccccc2)C1. The molecule has 2 aliphatic rings. The molecule has 2 aromatic carbocycles. The molecule has 0 unspecified atom stereocenters. The van der Waals surface area contributed by atoms with Crippen molar-refractivity contribution in [1.29, 1.82) is 0 Å². The summed E-state index contributed by atoms with van der Waals surface area (Å²) in [6.45, 7) is 0.371. The van der Waals surface area contributed by atoms with Crippen LogP contribution in [0, 0.1) is 0 Å². The van der Waals surface area contributed by atoms with Gasteiger partial charge in [0.15, 0.2) is 0 Å². The van der Waals surface area contributed by atoms with Gasteiger partial charge in [0.1, 0.15) is 0 Å². The topological polar surface area (TPSA) is 49.4 Å². The van der Waals surface area contributed by atoms with Crippen LogP contribution in [0.4, 0.5) is 5.69 Å². The van der Waals surface area contributed by atoms with Gasteiger partial charge in [0.25, 0.3) is 0 Å². The lowest BCUT2D eigenvalue weighted by molar-refractivity contribution is -0.139. The quantitative estimate of drug-likeness (QED) is 0.848. The van der Waals surface area contributed by atoms with Crippen LogP contribution in [-0.4, -0.2) is 22.8 Å². The molecule has 0 spiro atoms. The van der Waals surface area contributed by atoms with Gasteiger partial charge in [-0.2, -0.15) is 0 Å². The number of nitrogens with one attached hydrogen (secondary N) is 1. The van der Waals surface area contributed by atoms with E-state index in [1.807, 2.05) is 24.3 Å². The number of likely N-dealkylation sites (tertiary alicyclic amines) is 1. The van der Waals surface area contributed by atoms with Crippen LogP contribution in [0.15, 0.2) is 54.6 Å². The van der Waals surface area contributed by atoms with E-state index in [1.54, 1.807) is 0 Å². The zero-order valence-corrected chi connectivity index (χ0v) is 14.2. The Morgan fingerprint density at radius 3 is 2.24 bits per heavy atom. The molecular weight excluding hydrogens is 312 g/mol. The molecule has 2 amide bonds. The van der Waals surface area contributed by atoms with E-state index < -0.39 is 0 Å². The largest absolute Gasteiger partial charge is 0.382 e. The molecule has 0 atom stereocenters. The third kappa shape index (κ3) is 3.29. The minimum absolute atomic E-state index is 0.0624. The molecule has 2 fully saturated rings. The Hall–Kier alpha value is -2.62. The van der Waals surface area contributed by atoms with Crippen molar-refractivity contribution in [3.05, 3.63) is 65.7 Å². The summed E-state index contributed by atoms with van der Waals surface area (Å²) in [4.78, 5) is 25.1. The lowest BCUT2D eigenvalue weighted by Crippen LogP contribution is -2.35. The number of imide groups is 1. The molecule has 1 aliphatic carbocycles. The van der Waals surface area contributed by atoms with Crippen LogP contribution in [-0.2, 0) is 16.1 Å². The van der Waals surface area contributed by atoms with Crippen molar-refractivity contribution in [2.24, 2.45) is 0 Å². The van der Waals surface area contributed by atoms with E-state index in [1.165, 1.54) is 10.5 Å². The molecule has 4 rings (SSSR count). The highest BCUT2D eigenvalue weighted by molar-refractivity contribution is 6.01. The number of benzene rings is 2. The predicted molar refractivity (Wildman–Crippen MR) is 97.1 cm³/mol. The van der Waals surface area contributed by atoms with E-state index in [4.69, 9.17) is 0 Å². The number of nitrogens with zero attached hydrogens (tertiary/aromatic N) is 1. The number of carbonyl (C=O) groups excluding carboxylic acids is 2. The molecular formula is C21H22N2O2. The summed E-state index contributed by atoms with van der Waals surface area (Å²) < 4.78 is 0. The minimum atomic E-state index is -0.0624. The number of rotatable bonds is 5. The number of carbonyl (C=O) groups is 2. The first-order valence-electron chi connectivity index (χ1n) is 8.93. The summed E-state index contributed by atoms with van der Waals surface area (Å²) in [5, 5.41) is 3.60. The van der Waals surface area contributed by atoms with Gasteiger partial charge in [0.05, 0.1) is 6.54 Å². The molecule has 25 heavy (non-hydrogen) atoms. The number of para-hydroxylation sites is 1. The van der Waals surface area contributed by atoms with Gasteiger partial charge in [-0.25, -0.2) is 0 Å². The predicted octanol–water partition coefficient (Wildman–Crippen LogP) is 3.69. The van der Waals surface area contributed by atoms with E-state index in [0.717, 1.165) is 24.1 Å². The zero-order chi connectivity index (χ0) is 17.2. The van der Waals surface area contributed by atoms with Gasteiger partial charge < -0.3 is 5.32 Å². The summed E-state index contributed by atoms with van der Waals surface area (Å²) in [7, 11) is 0. The highest BCUT2D eigenvalue weighted by Crippen LogP contribution is 2.38. The van der Waals surface area contributed by atoms with Gasteiger partial charge in [0.2, 0.25) is 11.8 Å². The van der Waals surface area contributed by atoms with E-state index in [9.17, 15) is 9.59 Å². The molecule has 1 N–H and O–H groups in total. The summed E-state index contributed by atoms with van der Waals surface area (Å²) in [6, 6.07) is 19.0. The van der Waals surface area contributed by atoms with Crippen LogP contribution in [0.1, 0.15) is 42.7 Å². The molecule has 2 aromatic rings. The summed E-state index contributed by atoms with van der Waals surface area (Å²) in [5.41, 5.74) is 3.45. The van der Waals surface area contributed by atoms with Crippen molar-refractivity contribution < 1.29 is 9.59 Å². The van der Waals surface area contributed by atoms with E-state index >= 15 is 0 Å². The van der Waals surface area contributed by atoms with Gasteiger partial charge in [-0.05, 0) is 36.0 Å². The molecule has 0 radical (unpaired) electrons. The Bertz CT molecular complexity index is 765. The Morgan fingerprint density at radius 1 is 0.880 bits per heavy atom. The van der Waals surface area contributed by atoms with Crippen molar-refractivity contribution in [3.8, 4) is 0 Å². The maximum absolute atomic E-state index is 11.9. The first-order valence-corrected chi connectivity index (χ1v) is 8.93. The fraction of sp³-hybridized carbons (Fsp3) is 0.333. The molecule has 1 aliphatic heterocycles. The number of hydrogen-bond donors (Lipinski definition) is 1. The van der Waals surface area contributed by atoms with Crippen molar-refractivity contribution in [1.82, 2.24) is 4.90 Å². The van der Waals surface area contributed by atoms with Crippen LogP contribution < -0.4 is 5.32 Å². The van der Waals surface area contributed by atoms with Crippen LogP contribution >= 0.6 is 0 Å². The van der Waals surface area contributed by atoms with Gasteiger partial charge >= 0.3 is 0 Å². The summed E-state index contributed by atoms with van der Waals surface area (Å²) in [5.74, 6) is 0.493. The molecule has 4 nitrogen and oxygen atoms in total. The Labute approximate surface area is 147 Å². The van der Waals surface area contributed by atoms with Gasteiger partial charge in [-0.15, -0.1) is 0 Å². The molecule has 1 heterocycles. The normalized spacial score (nSPS) is 22.8. The minimum Gasteiger partial charge on any atom is -0.382 e. The van der Waals surface area contributed by atoms with Crippen molar-refractivity contribution in [2.75, 3.05) is 5.32 Å². The second-order valence-corrected chi connectivity index (χ2v) is 6.95. The zero-order valence-electron chi connectivity index (χ0n) is 14.2. The maximum atomic E-state index is 11.9. The Balaban J connectivity index is 1.41. The Morgan fingerprint density at radius 2 is 1.52 bits per heavy atom. The molecule has 1 saturated carbocycles. The number of amides is 2. The lowest BCUT2D eigenvalue weighted by Gasteiger charge is -2.37. The standard InChI is InChI=1S/C21H22N2O2/c24-20-10-11-21(25)23(20)14-16-8-4-5-9-19(16)22-18-12-17(13-18)15-6-2-1-3-7-15/h1-9,17-18,22H,10-14H2. The third-order valence-corrected chi connectivity index (χ3v) is 5.27. The molecule has 4 heteroatoms. The first kappa shape index (κ1) is 15.9. The maximum Gasteiger partial charge on any atom is 0.229 e. The molecule has 128 valence electrons. The van der Waals surface area contributed by atoms with Gasteiger partial charge in [-0.1, -0.05) is 48.5 Å². The molecule has 1 saturated heterocycles. The third-order valence-electron chi connectivity index (χ3n) is 5.27. The summed E-state index contributed by atoms with van der Waals surface area (Å²) in [6.07, 6.45) is 2.91. The Kier molecular flexibility index (Phi) is 4.26. The fourth-order valence-electron chi connectivity index (χ4n) is 3.72. The first-order chi connectivity index (χ1) is 12.2. The van der Waals surface area contributed by atoms with Gasteiger partial charge in [0, 0.05) is 24.6 Å². The number of hydrogen-bond acceptors (Lipinski definition) is 3. The van der Waals surface area contributed by atoms with Crippen LogP contribution in [0.25, 0.3) is 0 Å². The van der Waals surface area contributed by atoms with E-state index in [-0.39, 0.29) is 11.8 Å².